The predicted molar refractivity (Wildman–Crippen MR) is 130 cm³/mol. The zero-order valence-corrected chi connectivity index (χ0v) is 19.8. The smallest absolute Gasteiger partial charge is 0.220 e. The standard InChI is InChI=1S/C25H38INO/c1-2-3-4-5-6-7-8-9-10-11-12-13-14-15-16-20-25(28)27-22-23-18-17-19-24(26)21-23/h6-7,9-10,17-19,21H,2-5,8,11-16,20,22H2,1H3,(H,27,28)/b7-6-,10-9-. The van der Waals surface area contributed by atoms with Crippen LogP contribution in [-0.2, 0) is 11.3 Å². The van der Waals surface area contributed by atoms with Crippen molar-refractivity contribution in [3.63, 3.8) is 0 Å². The lowest BCUT2D eigenvalue weighted by Gasteiger charge is -2.06. The van der Waals surface area contributed by atoms with Gasteiger partial charge in [-0.1, -0.05) is 75.5 Å². The molecule has 0 saturated carbocycles. The molecule has 0 heterocycles. The van der Waals surface area contributed by atoms with Gasteiger partial charge in [-0.25, -0.2) is 0 Å². The van der Waals surface area contributed by atoms with Crippen LogP contribution in [0.5, 0.6) is 0 Å². The predicted octanol–water partition coefficient (Wildman–Crippen LogP) is 7.72. The monoisotopic (exact) mass is 495 g/mol. The number of halogens is 1. The van der Waals surface area contributed by atoms with Crippen LogP contribution in [0.3, 0.4) is 0 Å². The third kappa shape index (κ3) is 14.9. The van der Waals surface area contributed by atoms with Crippen molar-refractivity contribution >= 4 is 28.5 Å². The van der Waals surface area contributed by atoms with E-state index in [2.05, 4.69) is 77.3 Å². The van der Waals surface area contributed by atoms with E-state index in [1.54, 1.807) is 0 Å². The molecule has 1 aromatic carbocycles. The van der Waals surface area contributed by atoms with Crippen molar-refractivity contribution in [2.75, 3.05) is 0 Å². The maximum absolute atomic E-state index is 11.9. The first kappa shape index (κ1) is 24.9. The van der Waals surface area contributed by atoms with Gasteiger partial charge in [0.05, 0.1) is 0 Å². The molecule has 0 aliphatic rings. The number of allylic oxidation sites excluding steroid dienone is 4. The lowest BCUT2D eigenvalue weighted by atomic mass is 10.1. The molecular formula is C25H38INO. The molecule has 1 aromatic rings. The van der Waals surface area contributed by atoms with Gasteiger partial charge in [0, 0.05) is 16.5 Å². The molecule has 1 rings (SSSR count). The van der Waals surface area contributed by atoms with Gasteiger partial charge in [0.2, 0.25) is 5.91 Å². The normalized spacial score (nSPS) is 11.5. The van der Waals surface area contributed by atoms with Gasteiger partial charge in [0.15, 0.2) is 0 Å². The summed E-state index contributed by atoms with van der Waals surface area (Å²) >= 11 is 2.30. The highest BCUT2D eigenvalue weighted by Gasteiger charge is 2.01. The number of hydrogen-bond donors (Lipinski definition) is 1. The third-order valence-electron chi connectivity index (χ3n) is 4.73. The molecule has 0 aromatic heterocycles. The summed E-state index contributed by atoms with van der Waals surface area (Å²) in [5, 5.41) is 3.02. The molecule has 0 aliphatic heterocycles. The number of unbranched alkanes of at least 4 members (excludes halogenated alkanes) is 8. The molecule has 0 spiro atoms. The van der Waals surface area contributed by atoms with E-state index in [-0.39, 0.29) is 5.91 Å². The summed E-state index contributed by atoms with van der Waals surface area (Å²) < 4.78 is 1.21. The zero-order valence-electron chi connectivity index (χ0n) is 17.6. The van der Waals surface area contributed by atoms with Crippen molar-refractivity contribution in [3.8, 4) is 0 Å². The van der Waals surface area contributed by atoms with Crippen molar-refractivity contribution in [3.05, 3.63) is 57.7 Å². The molecule has 1 N–H and O–H groups in total. The summed E-state index contributed by atoms with van der Waals surface area (Å²) in [6, 6.07) is 8.26. The van der Waals surface area contributed by atoms with Crippen molar-refractivity contribution in [2.24, 2.45) is 0 Å². The molecule has 0 unspecified atom stereocenters. The van der Waals surface area contributed by atoms with Crippen LogP contribution in [0, 0.1) is 3.57 Å². The Balaban J connectivity index is 1.89. The Morgan fingerprint density at radius 1 is 0.929 bits per heavy atom. The van der Waals surface area contributed by atoms with Gasteiger partial charge in [0.25, 0.3) is 0 Å². The number of rotatable bonds is 16. The fraction of sp³-hybridized carbons (Fsp3) is 0.560. The van der Waals surface area contributed by atoms with Crippen LogP contribution >= 0.6 is 22.6 Å². The second-order valence-corrected chi connectivity index (χ2v) is 8.63. The van der Waals surface area contributed by atoms with Crippen molar-refractivity contribution in [1.29, 1.82) is 0 Å². The Labute approximate surface area is 186 Å². The highest BCUT2D eigenvalue weighted by Crippen LogP contribution is 2.09. The number of benzene rings is 1. The van der Waals surface area contributed by atoms with Gasteiger partial charge in [-0.2, -0.15) is 0 Å². The maximum Gasteiger partial charge on any atom is 0.220 e. The average Bonchev–Trinajstić information content (AvgIpc) is 2.69. The molecule has 0 atom stereocenters. The van der Waals surface area contributed by atoms with Gasteiger partial charge in [-0.05, 0) is 78.8 Å². The van der Waals surface area contributed by atoms with Gasteiger partial charge >= 0.3 is 0 Å². The summed E-state index contributed by atoms with van der Waals surface area (Å²) in [5.74, 6) is 0.171. The number of carbonyl (C=O) groups is 1. The minimum atomic E-state index is 0.171. The highest BCUT2D eigenvalue weighted by molar-refractivity contribution is 14.1. The summed E-state index contributed by atoms with van der Waals surface area (Å²) in [4.78, 5) is 11.9. The molecule has 156 valence electrons. The van der Waals surface area contributed by atoms with Crippen LogP contribution in [0.1, 0.15) is 89.5 Å². The molecule has 28 heavy (non-hydrogen) atoms. The minimum absolute atomic E-state index is 0.171. The summed E-state index contributed by atoms with van der Waals surface area (Å²) in [7, 11) is 0. The van der Waals surface area contributed by atoms with E-state index in [0.29, 0.717) is 13.0 Å². The van der Waals surface area contributed by atoms with E-state index in [1.807, 2.05) is 6.07 Å². The maximum atomic E-state index is 11.9. The molecule has 3 heteroatoms. The number of nitrogens with one attached hydrogen (secondary N) is 1. The first-order chi connectivity index (χ1) is 13.7. The number of amides is 1. The van der Waals surface area contributed by atoms with E-state index in [0.717, 1.165) is 19.3 Å². The van der Waals surface area contributed by atoms with Gasteiger partial charge < -0.3 is 5.32 Å². The SMILES string of the molecule is CCCCC/C=C\C/C=C\CCCCCCCC(=O)NCc1cccc(I)c1. The molecular weight excluding hydrogens is 457 g/mol. The summed E-state index contributed by atoms with van der Waals surface area (Å²) in [6.07, 6.45) is 23.2. The highest BCUT2D eigenvalue weighted by atomic mass is 127. The van der Waals surface area contributed by atoms with Crippen LogP contribution in [0.2, 0.25) is 0 Å². The molecule has 0 fully saturated rings. The van der Waals surface area contributed by atoms with E-state index in [9.17, 15) is 4.79 Å². The second-order valence-electron chi connectivity index (χ2n) is 7.39. The van der Waals surface area contributed by atoms with Crippen LogP contribution in [0.15, 0.2) is 48.6 Å². The molecule has 2 nitrogen and oxygen atoms in total. The van der Waals surface area contributed by atoms with E-state index < -0.39 is 0 Å². The first-order valence-corrected chi connectivity index (χ1v) is 12.1. The van der Waals surface area contributed by atoms with Gasteiger partial charge in [0.1, 0.15) is 0 Å². The van der Waals surface area contributed by atoms with E-state index >= 15 is 0 Å². The average molecular weight is 495 g/mol. The Morgan fingerprint density at radius 3 is 2.32 bits per heavy atom. The molecule has 1 amide bonds. The van der Waals surface area contributed by atoms with Crippen LogP contribution in [0.25, 0.3) is 0 Å². The van der Waals surface area contributed by atoms with Crippen LogP contribution < -0.4 is 5.32 Å². The Hall–Kier alpha value is -1.10. The first-order valence-electron chi connectivity index (χ1n) is 11.0. The Kier molecular flexibility index (Phi) is 16.0. The van der Waals surface area contributed by atoms with Crippen LogP contribution in [-0.4, -0.2) is 5.91 Å². The summed E-state index contributed by atoms with van der Waals surface area (Å²) in [6.45, 7) is 2.88. The quantitative estimate of drug-likeness (QED) is 0.142. The Bertz CT molecular complexity index is 580. The molecule has 0 saturated heterocycles. The molecule has 0 radical (unpaired) electrons. The second kappa shape index (κ2) is 18.0. The molecule has 0 aliphatic carbocycles. The Morgan fingerprint density at radius 2 is 1.61 bits per heavy atom. The van der Waals surface area contributed by atoms with Gasteiger partial charge in [-0.3, -0.25) is 4.79 Å². The largest absolute Gasteiger partial charge is 0.352 e. The van der Waals surface area contributed by atoms with Gasteiger partial charge in [-0.15, -0.1) is 0 Å². The summed E-state index contributed by atoms with van der Waals surface area (Å²) in [5.41, 5.74) is 1.17. The lowest BCUT2D eigenvalue weighted by Crippen LogP contribution is -2.22. The topological polar surface area (TPSA) is 29.1 Å². The van der Waals surface area contributed by atoms with E-state index in [4.69, 9.17) is 0 Å². The third-order valence-corrected chi connectivity index (χ3v) is 5.40. The lowest BCUT2D eigenvalue weighted by molar-refractivity contribution is -0.121. The molecule has 0 bridgehead atoms. The van der Waals surface area contributed by atoms with Crippen molar-refractivity contribution in [2.45, 2.75) is 90.5 Å². The zero-order chi connectivity index (χ0) is 20.3. The fourth-order valence-electron chi connectivity index (χ4n) is 3.03. The fourth-order valence-corrected chi connectivity index (χ4v) is 3.64. The number of carbonyl (C=O) groups excluding carboxylic acids is 1. The minimum Gasteiger partial charge on any atom is -0.352 e. The van der Waals surface area contributed by atoms with Crippen LogP contribution in [0.4, 0.5) is 0 Å². The number of hydrogen-bond acceptors (Lipinski definition) is 1. The van der Waals surface area contributed by atoms with Crippen molar-refractivity contribution < 1.29 is 4.79 Å². The van der Waals surface area contributed by atoms with Crippen molar-refractivity contribution in [1.82, 2.24) is 5.32 Å². The van der Waals surface area contributed by atoms with E-state index in [1.165, 1.54) is 60.5 Å².